The second-order valence-corrected chi connectivity index (χ2v) is 7.94. The fourth-order valence-corrected chi connectivity index (χ4v) is 4.63. The van der Waals surface area contributed by atoms with Crippen molar-refractivity contribution >= 4 is 0 Å². The van der Waals surface area contributed by atoms with Crippen LogP contribution in [0.5, 0.6) is 0 Å². The Labute approximate surface area is 124 Å². The third-order valence-corrected chi connectivity index (χ3v) is 5.30. The third-order valence-electron chi connectivity index (χ3n) is 5.30. The average molecular weight is 283 g/mol. The molecule has 0 aromatic heterocycles. The Morgan fingerprint density at radius 1 is 1.20 bits per heavy atom. The number of rotatable bonds is 2. The SMILES string of the molecule is CC1CN(C)CCCN1C1(CN)CC(C)(C)OC1(C)C. The van der Waals surface area contributed by atoms with Crippen LogP contribution in [0.4, 0.5) is 0 Å². The molecule has 0 aromatic rings. The van der Waals surface area contributed by atoms with Gasteiger partial charge in [-0.1, -0.05) is 0 Å². The van der Waals surface area contributed by atoms with Gasteiger partial charge in [0.15, 0.2) is 0 Å². The summed E-state index contributed by atoms with van der Waals surface area (Å²) in [5, 5.41) is 0. The Balaban J connectivity index is 2.35. The van der Waals surface area contributed by atoms with Gasteiger partial charge in [-0.15, -0.1) is 0 Å². The summed E-state index contributed by atoms with van der Waals surface area (Å²) in [6.45, 7) is 15.2. The van der Waals surface area contributed by atoms with Crippen LogP contribution < -0.4 is 5.73 Å². The summed E-state index contributed by atoms with van der Waals surface area (Å²) in [6.07, 6.45) is 2.22. The summed E-state index contributed by atoms with van der Waals surface area (Å²) in [5.74, 6) is 0. The molecular formula is C16H33N3O. The monoisotopic (exact) mass is 283 g/mol. The van der Waals surface area contributed by atoms with Gasteiger partial charge in [-0.2, -0.15) is 0 Å². The first kappa shape index (κ1) is 16.2. The molecule has 0 aromatic carbocycles. The van der Waals surface area contributed by atoms with E-state index in [0.717, 1.165) is 19.5 Å². The molecule has 2 saturated heterocycles. The minimum Gasteiger partial charge on any atom is -0.368 e. The lowest BCUT2D eigenvalue weighted by Crippen LogP contribution is -2.66. The van der Waals surface area contributed by atoms with E-state index >= 15 is 0 Å². The van der Waals surface area contributed by atoms with E-state index < -0.39 is 0 Å². The van der Waals surface area contributed by atoms with Gasteiger partial charge in [0.1, 0.15) is 0 Å². The van der Waals surface area contributed by atoms with Crippen molar-refractivity contribution in [2.24, 2.45) is 5.73 Å². The summed E-state index contributed by atoms with van der Waals surface area (Å²) in [7, 11) is 2.22. The zero-order chi connectivity index (χ0) is 15.2. The Bertz CT molecular complexity index is 356. The normalized spacial score (nSPS) is 38.9. The van der Waals surface area contributed by atoms with Crippen LogP contribution in [-0.4, -0.2) is 65.8 Å². The maximum Gasteiger partial charge on any atom is 0.0830 e. The standard InChI is InChI=1S/C16H33N3O/c1-13-10-18(6)8-7-9-19(13)16(12-17)11-14(2,3)20-15(16,4)5/h13H,7-12,17H2,1-6H3. The van der Waals surface area contributed by atoms with E-state index in [-0.39, 0.29) is 16.7 Å². The van der Waals surface area contributed by atoms with E-state index in [9.17, 15) is 0 Å². The summed E-state index contributed by atoms with van der Waals surface area (Å²) in [4.78, 5) is 5.08. The van der Waals surface area contributed by atoms with Crippen LogP contribution >= 0.6 is 0 Å². The number of ether oxygens (including phenoxy) is 1. The van der Waals surface area contributed by atoms with Gasteiger partial charge >= 0.3 is 0 Å². The summed E-state index contributed by atoms with van der Waals surface area (Å²) >= 11 is 0. The lowest BCUT2D eigenvalue weighted by Gasteiger charge is -2.50. The van der Waals surface area contributed by atoms with E-state index in [1.165, 1.54) is 13.0 Å². The van der Waals surface area contributed by atoms with Crippen LogP contribution in [0.15, 0.2) is 0 Å². The van der Waals surface area contributed by atoms with Crippen molar-refractivity contribution < 1.29 is 4.74 Å². The van der Waals surface area contributed by atoms with Crippen molar-refractivity contribution in [2.45, 2.75) is 70.2 Å². The zero-order valence-corrected chi connectivity index (χ0v) is 14.2. The number of nitrogens with two attached hydrogens (primary N) is 1. The summed E-state index contributed by atoms with van der Waals surface area (Å²) in [5.41, 5.74) is 5.95. The van der Waals surface area contributed by atoms with Crippen molar-refractivity contribution in [3.8, 4) is 0 Å². The van der Waals surface area contributed by atoms with Crippen molar-refractivity contribution in [2.75, 3.05) is 33.2 Å². The first-order valence-electron chi connectivity index (χ1n) is 7.99. The third kappa shape index (κ3) is 2.63. The molecule has 0 radical (unpaired) electrons. The van der Waals surface area contributed by atoms with E-state index in [4.69, 9.17) is 10.5 Å². The zero-order valence-electron chi connectivity index (χ0n) is 14.2. The van der Waals surface area contributed by atoms with Gasteiger partial charge in [-0.3, -0.25) is 4.90 Å². The van der Waals surface area contributed by atoms with Gasteiger partial charge in [-0.05, 0) is 61.1 Å². The lowest BCUT2D eigenvalue weighted by molar-refractivity contribution is -0.109. The molecule has 2 fully saturated rings. The smallest absolute Gasteiger partial charge is 0.0830 e. The maximum atomic E-state index is 6.38. The lowest BCUT2D eigenvalue weighted by atomic mass is 9.76. The quantitative estimate of drug-likeness (QED) is 0.837. The van der Waals surface area contributed by atoms with Gasteiger partial charge in [0.2, 0.25) is 0 Å². The molecule has 20 heavy (non-hydrogen) atoms. The summed E-state index contributed by atoms with van der Waals surface area (Å²) < 4.78 is 6.38. The highest BCUT2D eigenvalue weighted by atomic mass is 16.5. The number of hydrogen-bond donors (Lipinski definition) is 1. The van der Waals surface area contributed by atoms with Gasteiger partial charge in [0, 0.05) is 25.7 Å². The molecule has 2 unspecified atom stereocenters. The molecular weight excluding hydrogens is 250 g/mol. The minimum atomic E-state index is -0.206. The molecule has 118 valence electrons. The van der Waals surface area contributed by atoms with E-state index in [2.05, 4.69) is 51.5 Å². The molecule has 2 heterocycles. The molecule has 0 aliphatic carbocycles. The van der Waals surface area contributed by atoms with Crippen LogP contribution in [0, 0.1) is 0 Å². The molecule has 2 rings (SSSR count). The number of likely N-dealkylation sites (N-methyl/N-ethyl adjacent to an activating group) is 1. The number of hydrogen-bond acceptors (Lipinski definition) is 4. The molecule has 2 atom stereocenters. The Hall–Kier alpha value is -0.160. The Kier molecular flexibility index (Phi) is 4.25. The average Bonchev–Trinajstić information content (AvgIpc) is 2.41. The van der Waals surface area contributed by atoms with Gasteiger partial charge < -0.3 is 15.4 Å². The van der Waals surface area contributed by atoms with Crippen molar-refractivity contribution in [1.82, 2.24) is 9.80 Å². The predicted molar refractivity (Wildman–Crippen MR) is 83.9 cm³/mol. The maximum absolute atomic E-state index is 6.38. The van der Waals surface area contributed by atoms with Crippen molar-refractivity contribution in [1.29, 1.82) is 0 Å². The van der Waals surface area contributed by atoms with E-state index in [1.54, 1.807) is 0 Å². The van der Waals surface area contributed by atoms with E-state index in [1.807, 2.05) is 0 Å². The minimum absolute atomic E-state index is 0.0545. The van der Waals surface area contributed by atoms with Crippen LogP contribution in [0.25, 0.3) is 0 Å². The van der Waals surface area contributed by atoms with Gasteiger partial charge in [-0.25, -0.2) is 0 Å². The van der Waals surface area contributed by atoms with Crippen LogP contribution in [0.2, 0.25) is 0 Å². The van der Waals surface area contributed by atoms with E-state index in [0.29, 0.717) is 12.6 Å². The molecule has 2 aliphatic rings. The molecule has 2 N–H and O–H groups in total. The highest BCUT2D eigenvalue weighted by molar-refractivity contribution is 5.14. The van der Waals surface area contributed by atoms with Crippen molar-refractivity contribution in [3.63, 3.8) is 0 Å². The summed E-state index contributed by atoms with van der Waals surface area (Å²) in [6, 6.07) is 0.517. The highest BCUT2D eigenvalue weighted by Gasteiger charge is 2.60. The first-order valence-corrected chi connectivity index (χ1v) is 7.99. The van der Waals surface area contributed by atoms with Crippen LogP contribution in [-0.2, 0) is 4.74 Å². The molecule has 0 bridgehead atoms. The first-order chi connectivity index (χ1) is 9.13. The van der Waals surface area contributed by atoms with Crippen molar-refractivity contribution in [3.05, 3.63) is 0 Å². The molecule has 4 heteroatoms. The highest BCUT2D eigenvalue weighted by Crippen LogP contribution is 2.48. The number of nitrogens with zero attached hydrogens (tertiary/aromatic N) is 2. The second kappa shape index (κ2) is 5.24. The topological polar surface area (TPSA) is 41.7 Å². The molecule has 2 aliphatic heterocycles. The van der Waals surface area contributed by atoms with Gasteiger partial charge in [0.05, 0.1) is 16.7 Å². The largest absolute Gasteiger partial charge is 0.368 e. The molecule has 0 amide bonds. The fraction of sp³-hybridized carbons (Fsp3) is 1.00. The van der Waals surface area contributed by atoms with Crippen LogP contribution in [0.1, 0.15) is 47.5 Å². The Morgan fingerprint density at radius 2 is 1.85 bits per heavy atom. The molecule has 0 saturated carbocycles. The predicted octanol–water partition coefficient (Wildman–Crippen LogP) is 1.69. The second-order valence-electron chi connectivity index (χ2n) is 7.94. The van der Waals surface area contributed by atoms with Crippen LogP contribution in [0.3, 0.4) is 0 Å². The fourth-order valence-electron chi connectivity index (χ4n) is 4.63. The molecule has 0 spiro atoms. The van der Waals surface area contributed by atoms with Gasteiger partial charge in [0.25, 0.3) is 0 Å². The Morgan fingerprint density at radius 3 is 2.35 bits per heavy atom. The molecule has 4 nitrogen and oxygen atoms in total.